The molecule has 0 bridgehead atoms. The number of aryl methyl sites for hydroxylation is 3. The van der Waals surface area contributed by atoms with Gasteiger partial charge in [0.05, 0.1) is 23.7 Å². The third-order valence-corrected chi connectivity index (χ3v) is 5.57. The van der Waals surface area contributed by atoms with Crippen LogP contribution in [0.4, 0.5) is 0 Å². The van der Waals surface area contributed by atoms with E-state index in [0.29, 0.717) is 10.9 Å². The molecular weight excluding hydrogens is 366 g/mol. The fourth-order valence-corrected chi connectivity index (χ4v) is 3.65. The first-order valence-electron chi connectivity index (χ1n) is 9.36. The SMILES string of the molecule is COc1ccc(-c2c3c(=O)n(C)c(=O)n(C)c3cn2-c2ccc(C)c(C)c2)cc1. The van der Waals surface area contributed by atoms with Crippen LogP contribution in [0.15, 0.2) is 58.3 Å². The minimum absolute atomic E-state index is 0.309. The van der Waals surface area contributed by atoms with Gasteiger partial charge in [0, 0.05) is 26.0 Å². The van der Waals surface area contributed by atoms with E-state index in [4.69, 9.17) is 4.74 Å². The van der Waals surface area contributed by atoms with Gasteiger partial charge in [0.15, 0.2) is 0 Å². The summed E-state index contributed by atoms with van der Waals surface area (Å²) < 4.78 is 9.93. The van der Waals surface area contributed by atoms with Crippen LogP contribution in [-0.2, 0) is 14.1 Å². The number of ether oxygens (including phenoxy) is 1. The Morgan fingerprint density at radius 1 is 0.862 bits per heavy atom. The zero-order chi connectivity index (χ0) is 20.9. The summed E-state index contributed by atoms with van der Waals surface area (Å²) in [5.74, 6) is 0.739. The maximum absolute atomic E-state index is 13.1. The highest BCUT2D eigenvalue weighted by Crippen LogP contribution is 2.32. The molecule has 0 N–H and O–H groups in total. The summed E-state index contributed by atoms with van der Waals surface area (Å²) in [5, 5.41) is 0.512. The number of nitrogens with zero attached hydrogens (tertiary/aromatic N) is 3. The minimum atomic E-state index is -0.346. The van der Waals surface area contributed by atoms with Gasteiger partial charge in [-0.1, -0.05) is 6.07 Å². The van der Waals surface area contributed by atoms with Crippen LogP contribution < -0.4 is 16.0 Å². The molecule has 6 nitrogen and oxygen atoms in total. The summed E-state index contributed by atoms with van der Waals surface area (Å²) in [4.78, 5) is 25.6. The summed E-state index contributed by atoms with van der Waals surface area (Å²) in [6.07, 6.45) is 1.86. The molecule has 0 unspecified atom stereocenters. The van der Waals surface area contributed by atoms with Crippen LogP contribution in [-0.4, -0.2) is 20.8 Å². The minimum Gasteiger partial charge on any atom is -0.497 e. The Kier molecular flexibility index (Phi) is 4.42. The number of benzene rings is 2. The fraction of sp³-hybridized carbons (Fsp3) is 0.217. The molecule has 0 aliphatic rings. The second-order valence-electron chi connectivity index (χ2n) is 7.31. The van der Waals surface area contributed by atoms with Crippen LogP contribution in [0, 0.1) is 13.8 Å². The monoisotopic (exact) mass is 389 g/mol. The molecule has 2 aromatic heterocycles. The van der Waals surface area contributed by atoms with Gasteiger partial charge < -0.3 is 9.30 Å². The molecule has 2 aromatic carbocycles. The standard InChI is InChI=1S/C23H23N3O3/c1-14-6-9-17(12-15(14)2)26-13-19-20(22(27)25(4)23(28)24(19)3)21(26)16-7-10-18(29-5)11-8-16/h6-13H,1-5H3. The van der Waals surface area contributed by atoms with E-state index < -0.39 is 0 Å². The van der Waals surface area contributed by atoms with Gasteiger partial charge in [-0.15, -0.1) is 0 Å². The van der Waals surface area contributed by atoms with Gasteiger partial charge in [0.25, 0.3) is 5.56 Å². The van der Waals surface area contributed by atoms with Crippen molar-refractivity contribution >= 4 is 10.9 Å². The Bertz CT molecular complexity index is 1360. The van der Waals surface area contributed by atoms with Crippen molar-refractivity contribution < 1.29 is 4.74 Å². The highest BCUT2D eigenvalue weighted by molar-refractivity contribution is 5.94. The van der Waals surface area contributed by atoms with Crippen LogP contribution in [0.5, 0.6) is 5.75 Å². The normalized spacial score (nSPS) is 11.2. The smallest absolute Gasteiger partial charge is 0.330 e. The van der Waals surface area contributed by atoms with Crippen molar-refractivity contribution in [3.05, 3.63) is 80.6 Å². The van der Waals surface area contributed by atoms with Crippen molar-refractivity contribution in [3.63, 3.8) is 0 Å². The third kappa shape index (κ3) is 2.88. The maximum Gasteiger partial charge on any atom is 0.330 e. The van der Waals surface area contributed by atoms with Crippen LogP contribution in [0.1, 0.15) is 11.1 Å². The van der Waals surface area contributed by atoms with Gasteiger partial charge >= 0.3 is 5.69 Å². The van der Waals surface area contributed by atoms with E-state index in [-0.39, 0.29) is 11.2 Å². The first kappa shape index (κ1) is 18.8. The number of hydrogen-bond acceptors (Lipinski definition) is 3. The lowest BCUT2D eigenvalue weighted by atomic mass is 10.1. The third-order valence-electron chi connectivity index (χ3n) is 5.57. The van der Waals surface area contributed by atoms with Crippen molar-refractivity contribution in [2.75, 3.05) is 7.11 Å². The van der Waals surface area contributed by atoms with E-state index in [1.54, 1.807) is 14.2 Å². The van der Waals surface area contributed by atoms with Gasteiger partial charge in [-0.05, 0) is 66.9 Å². The lowest BCUT2D eigenvalue weighted by Gasteiger charge is -2.12. The molecule has 4 rings (SSSR count). The predicted octanol–water partition coefficient (Wildman–Crippen LogP) is 3.32. The molecule has 0 amide bonds. The predicted molar refractivity (Wildman–Crippen MR) is 115 cm³/mol. The molecule has 0 aliphatic carbocycles. The van der Waals surface area contributed by atoms with E-state index in [1.807, 2.05) is 41.1 Å². The number of aromatic nitrogens is 3. The highest BCUT2D eigenvalue weighted by Gasteiger charge is 2.20. The molecule has 0 spiro atoms. The van der Waals surface area contributed by atoms with E-state index in [2.05, 4.69) is 26.0 Å². The van der Waals surface area contributed by atoms with Crippen molar-refractivity contribution in [1.29, 1.82) is 0 Å². The fourth-order valence-electron chi connectivity index (χ4n) is 3.65. The van der Waals surface area contributed by atoms with Crippen molar-refractivity contribution in [2.45, 2.75) is 13.8 Å². The number of rotatable bonds is 3. The lowest BCUT2D eigenvalue weighted by Crippen LogP contribution is -2.36. The van der Waals surface area contributed by atoms with Crippen molar-refractivity contribution in [2.24, 2.45) is 14.1 Å². The summed E-state index contributed by atoms with van der Waals surface area (Å²) in [5.41, 5.74) is 4.85. The van der Waals surface area contributed by atoms with E-state index in [0.717, 1.165) is 32.8 Å². The topological polar surface area (TPSA) is 58.2 Å². The molecule has 0 aliphatic heterocycles. The van der Waals surface area contributed by atoms with Crippen LogP contribution in [0.25, 0.3) is 27.8 Å². The molecule has 0 saturated heterocycles. The molecule has 0 saturated carbocycles. The second kappa shape index (κ2) is 6.81. The lowest BCUT2D eigenvalue weighted by molar-refractivity contribution is 0.415. The number of fused-ring (bicyclic) bond motifs is 1. The Morgan fingerprint density at radius 3 is 2.17 bits per heavy atom. The van der Waals surface area contributed by atoms with Crippen molar-refractivity contribution in [1.82, 2.24) is 13.7 Å². The van der Waals surface area contributed by atoms with Gasteiger partial charge in [-0.2, -0.15) is 0 Å². The van der Waals surface area contributed by atoms with E-state index in [1.165, 1.54) is 17.2 Å². The summed E-state index contributed by atoms with van der Waals surface area (Å²) in [7, 11) is 4.82. The number of methoxy groups -OCH3 is 1. The number of hydrogen-bond donors (Lipinski definition) is 0. The average molecular weight is 389 g/mol. The Balaban J connectivity index is 2.15. The molecule has 0 radical (unpaired) electrons. The first-order chi connectivity index (χ1) is 13.8. The van der Waals surface area contributed by atoms with E-state index in [9.17, 15) is 9.59 Å². The van der Waals surface area contributed by atoms with Crippen molar-refractivity contribution in [3.8, 4) is 22.7 Å². The highest BCUT2D eigenvalue weighted by atomic mass is 16.5. The molecule has 6 heteroatoms. The Labute approximate surface area is 168 Å². The quantitative estimate of drug-likeness (QED) is 0.540. The first-order valence-corrected chi connectivity index (χ1v) is 9.36. The molecule has 29 heavy (non-hydrogen) atoms. The molecule has 2 heterocycles. The van der Waals surface area contributed by atoms with Gasteiger partial charge in [-0.25, -0.2) is 4.79 Å². The summed E-state index contributed by atoms with van der Waals surface area (Å²) >= 11 is 0. The Morgan fingerprint density at radius 2 is 1.55 bits per heavy atom. The van der Waals surface area contributed by atoms with E-state index >= 15 is 0 Å². The summed E-state index contributed by atoms with van der Waals surface area (Å²) in [6.45, 7) is 4.12. The van der Waals surface area contributed by atoms with Crippen LogP contribution >= 0.6 is 0 Å². The summed E-state index contributed by atoms with van der Waals surface area (Å²) in [6, 6.07) is 13.8. The zero-order valence-corrected chi connectivity index (χ0v) is 17.2. The molecular formula is C23H23N3O3. The molecule has 0 fully saturated rings. The molecule has 4 aromatic rings. The molecule has 148 valence electrons. The second-order valence-corrected chi connectivity index (χ2v) is 7.31. The average Bonchev–Trinajstić information content (AvgIpc) is 3.13. The van der Waals surface area contributed by atoms with Gasteiger partial charge in [0.2, 0.25) is 0 Å². The van der Waals surface area contributed by atoms with Crippen LogP contribution in [0.2, 0.25) is 0 Å². The maximum atomic E-state index is 13.1. The van der Waals surface area contributed by atoms with Gasteiger partial charge in [-0.3, -0.25) is 13.9 Å². The van der Waals surface area contributed by atoms with Gasteiger partial charge in [0.1, 0.15) is 5.75 Å². The van der Waals surface area contributed by atoms with Crippen LogP contribution in [0.3, 0.4) is 0 Å². The largest absolute Gasteiger partial charge is 0.497 e. The molecule has 0 atom stereocenters. The Hall–Kier alpha value is -3.54. The zero-order valence-electron chi connectivity index (χ0n) is 17.2.